The Morgan fingerprint density at radius 3 is 2.77 bits per heavy atom. The fourth-order valence-corrected chi connectivity index (χ4v) is 3.62. The second-order valence-corrected chi connectivity index (χ2v) is 7.33. The molecule has 1 saturated heterocycles. The van der Waals surface area contributed by atoms with Crippen molar-refractivity contribution in [3.8, 4) is 0 Å². The maximum absolute atomic E-state index is 12.8. The number of hydrogen-bond acceptors (Lipinski definition) is 3. The average molecular weight is 321 g/mol. The molecular weight excluding hydrogens is 298 g/mol. The highest BCUT2D eigenvalue weighted by Crippen LogP contribution is 2.28. The molecule has 120 valence electrons. The Hall–Kier alpha value is -1.49. The van der Waals surface area contributed by atoms with Crippen molar-refractivity contribution in [1.29, 1.82) is 0 Å². The second-order valence-electron chi connectivity index (χ2n) is 5.95. The van der Waals surface area contributed by atoms with E-state index in [4.69, 9.17) is 5.11 Å². The number of benzene rings is 1. The van der Waals surface area contributed by atoms with Crippen molar-refractivity contribution in [1.82, 2.24) is 4.90 Å². The summed E-state index contributed by atoms with van der Waals surface area (Å²) in [6, 6.07) is 7.32. The Bertz CT molecular complexity index is 546. The molecular formula is C17H23NO3S. The third-order valence-electron chi connectivity index (χ3n) is 3.96. The van der Waals surface area contributed by atoms with E-state index < -0.39 is 11.2 Å². The zero-order chi connectivity index (χ0) is 16.1. The number of carbonyl (C=O) groups excluding carboxylic acids is 1. The predicted octanol–water partition coefficient (Wildman–Crippen LogP) is 3.51. The van der Waals surface area contributed by atoms with Gasteiger partial charge in [-0.3, -0.25) is 9.59 Å². The standard InChI is InChI=1S/C17H23NO3S/c1-12-7-5-6-10-18(11-12)16(19)14-8-3-4-9-15(14)22-13(2)17(20)21/h3-4,8-9,12-13H,5-7,10-11H2,1-2H3,(H,20,21). The molecule has 0 radical (unpaired) electrons. The van der Waals surface area contributed by atoms with Gasteiger partial charge < -0.3 is 10.0 Å². The van der Waals surface area contributed by atoms with Crippen molar-refractivity contribution in [2.45, 2.75) is 43.3 Å². The van der Waals surface area contributed by atoms with E-state index in [1.165, 1.54) is 11.8 Å². The summed E-state index contributed by atoms with van der Waals surface area (Å²) in [6.07, 6.45) is 3.37. The molecule has 0 bridgehead atoms. The van der Waals surface area contributed by atoms with E-state index in [1.54, 1.807) is 13.0 Å². The molecule has 5 heteroatoms. The minimum absolute atomic E-state index is 0.0226. The van der Waals surface area contributed by atoms with Gasteiger partial charge in [-0.15, -0.1) is 11.8 Å². The van der Waals surface area contributed by atoms with Gasteiger partial charge in [0.1, 0.15) is 5.25 Å². The first-order valence-electron chi connectivity index (χ1n) is 7.76. The van der Waals surface area contributed by atoms with Crippen LogP contribution in [0.25, 0.3) is 0 Å². The lowest BCUT2D eigenvalue weighted by Gasteiger charge is -2.24. The van der Waals surface area contributed by atoms with Crippen LogP contribution in [-0.2, 0) is 4.79 Å². The Balaban J connectivity index is 2.20. The van der Waals surface area contributed by atoms with E-state index in [0.29, 0.717) is 11.5 Å². The summed E-state index contributed by atoms with van der Waals surface area (Å²) in [7, 11) is 0. The van der Waals surface area contributed by atoms with Crippen LogP contribution in [0.15, 0.2) is 29.2 Å². The largest absolute Gasteiger partial charge is 0.480 e. The molecule has 1 amide bonds. The maximum Gasteiger partial charge on any atom is 0.316 e. The van der Waals surface area contributed by atoms with Crippen molar-refractivity contribution >= 4 is 23.6 Å². The molecule has 0 aromatic heterocycles. The first-order chi connectivity index (χ1) is 10.5. The number of nitrogens with zero attached hydrogens (tertiary/aromatic N) is 1. The number of hydrogen-bond donors (Lipinski definition) is 1. The molecule has 22 heavy (non-hydrogen) atoms. The van der Waals surface area contributed by atoms with E-state index >= 15 is 0 Å². The third kappa shape index (κ3) is 4.26. The smallest absolute Gasteiger partial charge is 0.316 e. The topological polar surface area (TPSA) is 57.6 Å². The Morgan fingerprint density at radius 2 is 2.05 bits per heavy atom. The average Bonchev–Trinajstić information content (AvgIpc) is 2.71. The van der Waals surface area contributed by atoms with Crippen LogP contribution in [-0.4, -0.2) is 40.2 Å². The number of rotatable bonds is 4. The Morgan fingerprint density at radius 1 is 1.32 bits per heavy atom. The molecule has 1 aliphatic rings. The van der Waals surface area contributed by atoms with Gasteiger partial charge in [0.15, 0.2) is 0 Å². The van der Waals surface area contributed by atoms with Crippen LogP contribution in [0.1, 0.15) is 43.5 Å². The number of aliphatic carboxylic acids is 1. The molecule has 4 nitrogen and oxygen atoms in total. The fourth-order valence-electron chi connectivity index (χ4n) is 2.70. The van der Waals surface area contributed by atoms with Gasteiger partial charge in [-0.25, -0.2) is 0 Å². The molecule has 1 aromatic carbocycles. The quantitative estimate of drug-likeness (QED) is 0.862. The van der Waals surface area contributed by atoms with Crippen molar-refractivity contribution < 1.29 is 14.7 Å². The zero-order valence-corrected chi connectivity index (χ0v) is 13.9. The second kappa shape index (κ2) is 7.68. The fraction of sp³-hybridized carbons (Fsp3) is 0.529. The molecule has 1 fully saturated rings. The third-order valence-corrected chi connectivity index (χ3v) is 5.13. The highest BCUT2D eigenvalue weighted by Gasteiger charge is 2.24. The SMILES string of the molecule is CC1CCCCN(C(=O)c2ccccc2SC(C)C(=O)O)C1. The number of amides is 1. The molecule has 0 saturated carbocycles. The van der Waals surface area contributed by atoms with Gasteiger partial charge in [-0.2, -0.15) is 0 Å². The molecule has 2 unspecified atom stereocenters. The number of carboxylic acid groups (broad SMARTS) is 1. The molecule has 2 atom stereocenters. The van der Waals surface area contributed by atoms with Crippen molar-refractivity contribution in [3.63, 3.8) is 0 Å². The molecule has 1 heterocycles. The summed E-state index contributed by atoms with van der Waals surface area (Å²) < 4.78 is 0. The molecule has 1 aliphatic heterocycles. The van der Waals surface area contributed by atoms with Gasteiger partial charge in [0.05, 0.1) is 5.56 Å². The van der Waals surface area contributed by atoms with E-state index in [2.05, 4.69) is 6.92 Å². The normalized spacial score (nSPS) is 20.3. The monoisotopic (exact) mass is 321 g/mol. The predicted molar refractivity (Wildman–Crippen MR) is 88.3 cm³/mol. The van der Waals surface area contributed by atoms with Crippen LogP contribution in [0.2, 0.25) is 0 Å². The highest BCUT2D eigenvalue weighted by molar-refractivity contribution is 8.00. The minimum atomic E-state index is -0.865. The van der Waals surface area contributed by atoms with Crippen LogP contribution in [0, 0.1) is 5.92 Å². The zero-order valence-electron chi connectivity index (χ0n) is 13.1. The summed E-state index contributed by atoms with van der Waals surface area (Å²) >= 11 is 1.23. The van der Waals surface area contributed by atoms with Gasteiger partial charge in [0, 0.05) is 18.0 Å². The highest BCUT2D eigenvalue weighted by atomic mass is 32.2. The van der Waals surface area contributed by atoms with Crippen molar-refractivity contribution in [2.75, 3.05) is 13.1 Å². The number of carbonyl (C=O) groups is 2. The van der Waals surface area contributed by atoms with Gasteiger partial charge in [-0.05, 0) is 37.8 Å². The van der Waals surface area contributed by atoms with E-state index in [0.717, 1.165) is 37.2 Å². The van der Waals surface area contributed by atoms with E-state index in [1.807, 2.05) is 23.1 Å². The van der Waals surface area contributed by atoms with E-state index in [-0.39, 0.29) is 5.91 Å². The summed E-state index contributed by atoms with van der Waals surface area (Å²) in [5, 5.41) is 8.51. The van der Waals surface area contributed by atoms with Crippen molar-refractivity contribution in [3.05, 3.63) is 29.8 Å². The molecule has 0 spiro atoms. The number of carboxylic acids is 1. The summed E-state index contributed by atoms with van der Waals surface area (Å²) in [6.45, 7) is 5.39. The summed E-state index contributed by atoms with van der Waals surface area (Å²) in [4.78, 5) is 26.6. The molecule has 1 N–H and O–H groups in total. The maximum atomic E-state index is 12.8. The summed E-state index contributed by atoms with van der Waals surface area (Å²) in [5.74, 6) is -0.325. The van der Waals surface area contributed by atoms with E-state index in [9.17, 15) is 9.59 Å². The van der Waals surface area contributed by atoms with Gasteiger partial charge in [-0.1, -0.05) is 25.5 Å². The lowest BCUT2D eigenvalue weighted by Crippen LogP contribution is -2.34. The van der Waals surface area contributed by atoms with Gasteiger partial charge >= 0.3 is 5.97 Å². The Labute approximate surface area is 135 Å². The van der Waals surface area contributed by atoms with Gasteiger partial charge in [0.25, 0.3) is 5.91 Å². The van der Waals surface area contributed by atoms with Crippen molar-refractivity contribution in [2.24, 2.45) is 5.92 Å². The molecule has 2 rings (SSSR count). The lowest BCUT2D eigenvalue weighted by atomic mass is 10.1. The first kappa shape index (κ1) is 16.9. The van der Waals surface area contributed by atoms with Crippen LogP contribution >= 0.6 is 11.8 Å². The Kier molecular flexibility index (Phi) is 5.89. The number of likely N-dealkylation sites (tertiary alicyclic amines) is 1. The van der Waals surface area contributed by atoms with Crippen LogP contribution in [0.3, 0.4) is 0 Å². The lowest BCUT2D eigenvalue weighted by molar-refractivity contribution is -0.136. The molecule has 0 aliphatic carbocycles. The van der Waals surface area contributed by atoms with Crippen LogP contribution in [0.4, 0.5) is 0 Å². The first-order valence-corrected chi connectivity index (χ1v) is 8.64. The minimum Gasteiger partial charge on any atom is -0.480 e. The summed E-state index contributed by atoms with van der Waals surface area (Å²) in [5.41, 5.74) is 0.620. The van der Waals surface area contributed by atoms with Gasteiger partial charge in [0.2, 0.25) is 0 Å². The van der Waals surface area contributed by atoms with Crippen LogP contribution < -0.4 is 0 Å². The number of thioether (sulfide) groups is 1. The van der Waals surface area contributed by atoms with Crippen LogP contribution in [0.5, 0.6) is 0 Å². The molecule has 1 aromatic rings.